The van der Waals surface area contributed by atoms with Crippen LogP contribution in [0.15, 0.2) is 29.2 Å². The molecule has 0 fully saturated rings. The van der Waals surface area contributed by atoms with Crippen molar-refractivity contribution < 1.29 is 21.9 Å². The normalized spacial score (nSPS) is 11.7. The molecule has 120 valence electrons. The minimum Gasteiger partial charge on any atom is -0.433 e. The van der Waals surface area contributed by atoms with Crippen LogP contribution in [-0.4, -0.2) is 15.0 Å². The van der Waals surface area contributed by atoms with E-state index in [1.54, 1.807) is 13.0 Å². The van der Waals surface area contributed by atoms with Gasteiger partial charge in [-0.3, -0.25) is 4.72 Å². The molecule has 2 aromatic rings. The second-order valence-electron chi connectivity index (χ2n) is 4.41. The molecule has 2 rings (SSSR count). The van der Waals surface area contributed by atoms with E-state index in [0.717, 1.165) is 4.88 Å². The van der Waals surface area contributed by atoms with Crippen molar-refractivity contribution >= 4 is 38.6 Å². The van der Waals surface area contributed by atoms with Crippen LogP contribution in [0.25, 0.3) is 0 Å². The molecule has 0 bridgehead atoms. The third-order valence-corrected chi connectivity index (χ3v) is 5.58. The molecular formula is C13H12ClF2NO3S2. The Balaban J connectivity index is 2.27. The van der Waals surface area contributed by atoms with E-state index in [9.17, 15) is 17.2 Å². The Morgan fingerprint density at radius 3 is 2.45 bits per heavy atom. The molecule has 9 heteroatoms. The number of thiophene rings is 1. The predicted molar refractivity (Wildman–Crippen MR) is 82.7 cm³/mol. The summed E-state index contributed by atoms with van der Waals surface area (Å²) in [7, 11) is -3.76. The van der Waals surface area contributed by atoms with Crippen molar-refractivity contribution in [2.45, 2.75) is 25.4 Å². The van der Waals surface area contributed by atoms with Gasteiger partial charge in [0.1, 0.15) is 10.6 Å². The number of halogens is 3. The Bertz CT molecular complexity index is 791. The van der Waals surface area contributed by atoms with Crippen LogP contribution < -0.4 is 9.46 Å². The maximum atomic E-state index is 12.3. The van der Waals surface area contributed by atoms with Crippen molar-refractivity contribution in [2.24, 2.45) is 0 Å². The zero-order valence-corrected chi connectivity index (χ0v) is 14.0. The lowest BCUT2D eigenvalue weighted by molar-refractivity contribution is -0.0497. The standard InChI is InChI=1S/C13H12ClF2NO3S2/c1-7-5-12(8(2)21-7)22(18,19)17-9-3-4-11(10(14)6-9)20-13(15)16/h3-6,13,17H,1-2H3. The summed E-state index contributed by atoms with van der Waals surface area (Å²) in [6, 6.07) is 5.26. The summed E-state index contributed by atoms with van der Waals surface area (Å²) in [5.41, 5.74) is 0.162. The van der Waals surface area contributed by atoms with Crippen molar-refractivity contribution in [1.29, 1.82) is 0 Å². The summed E-state index contributed by atoms with van der Waals surface area (Å²) in [4.78, 5) is 1.71. The van der Waals surface area contributed by atoms with Crippen LogP contribution in [0.2, 0.25) is 5.02 Å². The minimum atomic E-state index is -3.76. The fourth-order valence-electron chi connectivity index (χ4n) is 1.84. The molecule has 0 spiro atoms. The van der Waals surface area contributed by atoms with Crippen LogP contribution in [0, 0.1) is 13.8 Å². The molecule has 4 nitrogen and oxygen atoms in total. The number of rotatable bonds is 5. The molecule has 0 amide bonds. The van der Waals surface area contributed by atoms with Crippen molar-refractivity contribution in [1.82, 2.24) is 0 Å². The fourth-order valence-corrected chi connectivity index (χ4v) is 4.67. The van der Waals surface area contributed by atoms with E-state index in [0.29, 0.717) is 4.88 Å². The van der Waals surface area contributed by atoms with Crippen LogP contribution in [0.4, 0.5) is 14.5 Å². The quantitative estimate of drug-likeness (QED) is 0.851. The van der Waals surface area contributed by atoms with Crippen LogP contribution >= 0.6 is 22.9 Å². The molecule has 0 aliphatic heterocycles. The first kappa shape index (κ1) is 17.0. The molecule has 0 saturated carbocycles. The van der Waals surface area contributed by atoms with Gasteiger partial charge in [-0.05, 0) is 38.1 Å². The van der Waals surface area contributed by atoms with E-state index in [1.165, 1.54) is 29.5 Å². The van der Waals surface area contributed by atoms with Gasteiger partial charge >= 0.3 is 6.61 Å². The highest BCUT2D eigenvalue weighted by atomic mass is 35.5. The zero-order valence-electron chi connectivity index (χ0n) is 11.6. The van der Waals surface area contributed by atoms with E-state index in [4.69, 9.17) is 11.6 Å². The topological polar surface area (TPSA) is 55.4 Å². The van der Waals surface area contributed by atoms with Gasteiger partial charge in [0.2, 0.25) is 0 Å². The first-order chi connectivity index (χ1) is 10.2. The number of sulfonamides is 1. The van der Waals surface area contributed by atoms with Crippen LogP contribution in [-0.2, 0) is 10.0 Å². The summed E-state index contributed by atoms with van der Waals surface area (Å²) < 4.78 is 55.5. The number of hydrogen-bond acceptors (Lipinski definition) is 4. The van der Waals surface area contributed by atoms with Gasteiger partial charge in [-0.1, -0.05) is 11.6 Å². The smallest absolute Gasteiger partial charge is 0.387 e. The molecular weight excluding hydrogens is 356 g/mol. The third-order valence-electron chi connectivity index (χ3n) is 2.69. The number of aryl methyl sites for hydroxylation is 2. The highest BCUT2D eigenvalue weighted by Crippen LogP contribution is 2.31. The maximum Gasteiger partial charge on any atom is 0.387 e. The lowest BCUT2D eigenvalue weighted by Gasteiger charge is -2.10. The van der Waals surface area contributed by atoms with Crippen LogP contribution in [0.1, 0.15) is 9.75 Å². The monoisotopic (exact) mass is 367 g/mol. The second-order valence-corrected chi connectivity index (χ2v) is 7.93. The summed E-state index contributed by atoms with van der Waals surface area (Å²) in [5, 5.41) is -0.112. The van der Waals surface area contributed by atoms with E-state index >= 15 is 0 Å². The maximum absolute atomic E-state index is 12.3. The van der Waals surface area contributed by atoms with Crippen molar-refractivity contribution in [2.75, 3.05) is 4.72 Å². The van der Waals surface area contributed by atoms with E-state index in [1.807, 2.05) is 6.92 Å². The van der Waals surface area contributed by atoms with Crippen LogP contribution in [0.3, 0.4) is 0 Å². The summed E-state index contributed by atoms with van der Waals surface area (Å²) in [5.74, 6) is -0.220. The van der Waals surface area contributed by atoms with Gasteiger partial charge in [0, 0.05) is 9.75 Å². The molecule has 1 N–H and O–H groups in total. The molecule has 0 aliphatic carbocycles. The van der Waals surface area contributed by atoms with Gasteiger partial charge in [-0.15, -0.1) is 11.3 Å². The highest BCUT2D eigenvalue weighted by Gasteiger charge is 2.20. The molecule has 0 radical (unpaired) electrons. The Morgan fingerprint density at radius 2 is 1.95 bits per heavy atom. The SMILES string of the molecule is Cc1cc(S(=O)(=O)Nc2ccc(OC(F)F)c(Cl)c2)c(C)s1. The average Bonchev–Trinajstić information content (AvgIpc) is 2.72. The van der Waals surface area contributed by atoms with Gasteiger partial charge in [-0.2, -0.15) is 8.78 Å². The highest BCUT2D eigenvalue weighted by molar-refractivity contribution is 7.93. The lowest BCUT2D eigenvalue weighted by Crippen LogP contribution is -2.13. The molecule has 1 heterocycles. The van der Waals surface area contributed by atoms with E-state index in [-0.39, 0.29) is 21.4 Å². The number of nitrogens with one attached hydrogen (secondary N) is 1. The predicted octanol–water partition coefficient (Wildman–Crippen LogP) is 4.42. The van der Waals surface area contributed by atoms with Crippen molar-refractivity contribution in [3.05, 3.63) is 39.0 Å². The Morgan fingerprint density at radius 1 is 1.27 bits per heavy atom. The fraction of sp³-hybridized carbons (Fsp3) is 0.231. The molecule has 0 atom stereocenters. The Hall–Kier alpha value is -1.38. The Labute approximate surface area is 135 Å². The molecule has 22 heavy (non-hydrogen) atoms. The summed E-state index contributed by atoms with van der Waals surface area (Å²) in [6.07, 6.45) is 0. The molecule has 0 aliphatic rings. The van der Waals surface area contributed by atoms with Crippen LogP contribution in [0.5, 0.6) is 5.75 Å². The first-order valence-electron chi connectivity index (χ1n) is 6.03. The van der Waals surface area contributed by atoms with Gasteiger partial charge in [0.15, 0.2) is 0 Å². The zero-order chi connectivity index (χ0) is 16.5. The summed E-state index contributed by atoms with van der Waals surface area (Å²) >= 11 is 7.16. The lowest BCUT2D eigenvalue weighted by atomic mass is 10.3. The number of benzene rings is 1. The molecule has 1 aromatic carbocycles. The first-order valence-corrected chi connectivity index (χ1v) is 8.71. The molecule has 1 aromatic heterocycles. The minimum absolute atomic E-state index is 0.112. The summed E-state index contributed by atoms with van der Waals surface area (Å²) in [6.45, 7) is 0.513. The number of alkyl halides is 2. The number of anilines is 1. The third kappa shape index (κ3) is 3.88. The van der Waals surface area contributed by atoms with Gasteiger partial charge in [-0.25, -0.2) is 8.42 Å². The average molecular weight is 368 g/mol. The van der Waals surface area contributed by atoms with E-state index < -0.39 is 16.6 Å². The largest absolute Gasteiger partial charge is 0.433 e. The van der Waals surface area contributed by atoms with E-state index in [2.05, 4.69) is 9.46 Å². The number of ether oxygens (including phenoxy) is 1. The van der Waals surface area contributed by atoms with Crippen molar-refractivity contribution in [3.8, 4) is 5.75 Å². The number of hydrogen-bond donors (Lipinski definition) is 1. The molecule has 0 unspecified atom stereocenters. The Kier molecular flexibility index (Phi) is 4.93. The van der Waals surface area contributed by atoms with Gasteiger partial charge in [0.25, 0.3) is 10.0 Å². The van der Waals surface area contributed by atoms with Gasteiger partial charge < -0.3 is 4.74 Å². The van der Waals surface area contributed by atoms with Crippen molar-refractivity contribution in [3.63, 3.8) is 0 Å². The second kappa shape index (κ2) is 6.39. The van der Waals surface area contributed by atoms with Gasteiger partial charge in [0.05, 0.1) is 10.7 Å². The molecule has 0 saturated heterocycles.